The van der Waals surface area contributed by atoms with Crippen LogP contribution in [0.15, 0.2) is 72.8 Å². The van der Waals surface area contributed by atoms with Crippen molar-refractivity contribution in [1.29, 1.82) is 0 Å². The molecule has 2 heterocycles. The first-order valence-electron chi connectivity index (χ1n) is 18.8. The molecule has 3 aromatic carbocycles. The molecule has 2 aliphatic heterocycles. The second-order valence-electron chi connectivity index (χ2n) is 14.5. The molecule has 0 spiro atoms. The zero-order valence-electron chi connectivity index (χ0n) is 30.7. The van der Waals surface area contributed by atoms with Gasteiger partial charge >= 0.3 is 6.09 Å². The predicted octanol–water partition coefficient (Wildman–Crippen LogP) is 7.47. The number of amides is 4. The zero-order valence-corrected chi connectivity index (χ0v) is 30.7. The van der Waals surface area contributed by atoms with Crippen LogP contribution in [0.3, 0.4) is 0 Å². The van der Waals surface area contributed by atoms with Gasteiger partial charge in [0, 0.05) is 65.8 Å². The summed E-state index contributed by atoms with van der Waals surface area (Å²) in [5, 5.41) is 20.4. The number of benzene rings is 3. The Balaban J connectivity index is 1.02. The first-order valence-corrected chi connectivity index (χ1v) is 18.8. The average Bonchev–Trinajstić information content (AvgIpc) is 3.14. The van der Waals surface area contributed by atoms with Crippen molar-refractivity contribution in [2.24, 2.45) is 0 Å². The lowest BCUT2D eigenvalue weighted by Crippen LogP contribution is -2.49. The Morgan fingerprint density at radius 2 is 1.21 bits per heavy atom. The summed E-state index contributed by atoms with van der Waals surface area (Å²) >= 11 is 0. The van der Waals surface area contributed by atoms with E-state index in [2.05, 4.69) is 41.9 Å². The topological polar surface area (TPSA) is 134 Å². The lowest BCUT2D eigenvalue weighted by Gasteiger charge is -2.42. The fourth-order valence-corrected chi connectivity index (χ4v) is 8.42. The van der Waals surface area contributed by atoms with Crippen LogP contribution < -0.4 is 25.8 Å². The number of hydrogen-bond acceptors (Lipinski definition) is 6. The minimum absolute atomic E-state index is 0.0193. The van der Waals surface area contributed by atoms with Gasteiger partial charge < -0.3 is 30.9 Å². The second-order valence-corrected chi connectivity index (χ2v) is 14.5. The Hall–Kier alpha value is -4.90. The van der Waals surface area contributed by atoms with Gasteiger partial charge in [0.15, 0.2) is 0 Å². The monoisotopic (exact) mass is 708 g/mol. The molecule has 1 fully saturated rings. The number of nitrogens with zero attached hydrogens (tertiary/aromatic N) is 3. The van der Waals surface area contributed by atoms with Gasteiger partial charge in [0.05, 0.1) is 6.04 Å². The Labute approximate surface area is 306 Å². The summed E-state index contributed by atoms with van der Waals surface area (Å²) in [6.45, 7) is 7.71. The first-order chi connectivity index (χ1) is 25.1. The molecule has 4 amide bonds. The number of rotatable bonds is 10. The fraction of sp³-hybridized carbons (Fsp3) is 0.463. The van der Waals surface area contributed by atoms with E-state index in [0.717, 1.165) is 53.9 Å². The number of carbonyl (C=O) groups excluding carboxylic acids is 3. The molecule has 0 radical (unpaired) electrons. The van der Waals surface area contributed by atoms with Crippen LogP contribution in [0.2, 0.25) is 0 Å². The lowest BCUT2D eigenvalue weighted by atomic mass is 9.86. The highest BCUT2D eigenvalue weighted by molar-refractivity contribution is 5.96. The van der Waals surface area contributed by atoms with E-state index in [0.29, 0.717) is 31.4 Å². The second kappa shape index (κ2) is 16.2. The molecule has 4 N–H and O–H groups in total. The molecule has 6 rings (SSSR count). The summed E-state index contributed by atoms with van der Waals surface area (Å²) in [4.78, 5) is 56.0. The van der Waals surface area contributed by atoms with E-state index < -0.39 is 6.09 Å². The first kappa shape index (κ1) is 36.9. The molecule has 276 valence electrons. The van der Waals surface area contributed by atoms with Crippen molar-refractivity contribution >= 4 is 46.6 Å². The quantitative estimate of drug-likeness (QED) is 0.172. The molecule has 0 bridgehead atoms. The SMILES string of the molecule is CCC(=O)N1c2ccccc2[C@H](Nc2ccc(NC(=O)CN(C(=O)O)C3CCC(N[C@@H]4C[C@H](C)N(C(=O)CC)c5ccccc54)CC3)cc2)C[C@@H]1C. The van der Waals surface area contributed by atoms with E-state index in [9.17, 15) is 24.3 Å². The molecule has 0 saturated heterocycles. The van der Waals surface area contributed by atoms with Gasteiger partial charge in [-0.2, -0.15) is 0 Å². The van der Waals surface area contributed by atoms with Crippen molar-refractivity contribution in [3.05, 3.63) is 83.9 Å². The maximum Gasteiger partial charge on any atom is 0.408 e. The van der Waals surface area contributed by atoms with Gasteiger partial charge in [0.1, 0.15) is 6.54 Å². The van der Waals surface area contributed by atoms with Crippen molar-refractivity contribution in [3.63, 3.8) is 0 Å². The number of para-hydroxylation sites is 2. The molecule has 4 atom stereocenters. The third kappa shape index (κ3) is 7.94. The van der Waals surface area contributed by atoms with Crippen LogP contribution in [0.25, 0.3) is 0 Å². The zero-order chi connectivity index (χ0) is 36.9. The summed E-state index contributed by atoms with van der Waals surface area (Å²) < 4.78 is 0. The number of fused-ring (bicyclic) bond motifs is 2. The highest BCUT2D eigenvalue weighted by Gasteiger charge is 2.36. The van der Waals surface area contributed by atoms with Gasteiger partial charge in [0.2, 0.25) is 17.7 Å². The van der Waals surface area contributed by atoms with E-state index >= 15 is 0 Å². The van der Waals surface area contributed by atoms with E-state index in [1.165, 1.54) is 4.90 Å². The summed E-state index contributed by atoms with van der Waals surface area (Å²) in [7, 11) is 0. The Bertz CT molecular complexity index is 1760. The molecule has 3 aromatic rings. The Kier molecular flexibility index (Phi) is 11.5. The van der Waals surface area contributed by atoms with Crippen LogP contribution in [-0.2, 0) is 14.4 Å². The van der Waals surface area contributed by atoms with Crippen molar-refractivity contribution < 1.29 is 24.3 Å². The maximum atomic E-state index is 13.1. The fourth-order valence-electron chi connectivity index (χ4n) is 8.42. The van der Waals surface area contributed by atoms with Crippen molar-refractivity contribution in [2.45, 2.75) is 115 Å². The molecule has 11 nitrogen and oxygen atoms in total. The van der Waals surface area contributed by atoms with Crippen molar-refractivity contribution in [1.82, 2.24) is 10.2 Å². The van der Waals surface area contributed by atoms with Crippen LogP contribution in [0.5, 0.6) is 0 Å². The minimum Gasteiger partial charge on any atom is -0.465 e. The lowest BCUT2D eigenvalue weighted by molar-refractivity contribution is -0.119. The number of hydrogen-bond donors (Lipinski definition) is 4. The van der Waals surface area contributed by atoms with Crippen LogP contribution in [0.1, 0.15) is 102 Å². The summed E-state index contributed by atoms with van der Waals surface area (Å²) in [6.07, 6.45) is 4.31. The predicted molar refractivity (Wildman–Crippen MR) is 205 cm³/mol. The van der Waals surface area contributed by atoms with Gasteiger partial charge in [0.25, 0.3) is 0 Å². The van der Waals surface area contributed by atoms with Crippen molar-refractivity contribution in [3.8, 4) is 0 Å². The average molecular weight is 709 g/mol. The highest BCUT2D eigenvalue weighted by atomic mass is 16.4. The number of nitrogens with one attached hydrogen (secondary N) is 3. The third-order valence-electron chi connectivity index (χ3n) is 11.0. The van der Waals surface area contributed by atoms with E-state index in [1.807, 2.05) is 84.3 Å². The summed E-state index contributed by atoms with van der Waals surface area (Å²) in [5.41, 5.74) is 5.58. The highest BCUT2D eigenvalue weighted by Crippen LogP contribution is 2.40. The largest absolute Gasteiger partial charge is 0.465 e. The van der Waals surface area contributed by atoms with E-state index in [1.54, 1.807) is 0 Å². The number of carbonyl (C=O) groups is 4. The molecule has 52 heavy (non-hydrogen) atoms. The smallest absolute Gasteiger partial charge is 0.408 e. The van der Waals surface area contributed by atoms with Gasteiger partial charge in [-0.1, -0.05) is 50.2 Å². The van der Waals surface area contributed by atoms with Crippen LogP contribution in [-0.4, -0.2) is 64.5 Å². The van der Waals surface area contributed by atoms with E-state index in [4.69, 9.17) is 0 Å². The number of carboxylic acid groups (broad SMARTS) is 1. The van der Waals surface area contributed by atoms with Crippen LogP contribution in [0, 0.1) is 0 Å². The van der Waals surface area contributed by atoms with E-state index in [-0.39, 0.29) is 60.5 Å². The molecule has 1 saturated carbocycles. The van der Waals surface area contributed by atoms with Gasteiger partial charge in [-0.25, -0.2) is 4.79 Å². The maximum absolute atomic E-state index is 13.1. The minimum atomic E-state index is -1.09. The summed E-state index contributed by atoms with van der Waals surface area (Å²) in [5.74, 6) is -0.140. The Morgan fingerprint density at radius 3 is 1.75 bits per heavy atom. The van der Waals surface area contributed by atoms with Gasteiger partial charge in [-0.05, 0) is 99.9 Å². The molecule has 3 aliphatic rings. The summed E-state index contributed by atoms with van der Waals surface area (Å²) in [6, 6.07) is 23.8. The Morgan fingerprint density at radius 1 is 0.712 bits per heavy atom. The molecule has 1 aliphatic carbocycles. The molecule has 11 heteroatoms. The third-order valence-corrected chi connectivity index (χ3v) is 11.0. The van der Waals surface area contributed by atoms with Crippen LogP contribution in [0.4, 0.5) is 27.5 Å². The molecular formula is C41H52N6O5. The number of anilines is 4. The molecule has 0 aromatic heterocycles. The molecular weight excluding hydrogens is 656 g/mol. The van der Waals surface area contributed by atoms with Gasteiger partial charge in [-0.15, -0.1) is 0 Å². The molecule has 0 unspecified atom stereocenters. The standard InChI is InChI=1S/C41H52N6O5/c1-5-39(49)46-26(3)23-34(32-11-7-9-13-36(32)46)42-28-15-17-30(18-16-28)44-38(48)25-45(41(51)52)31-21-19-29(20-22-31)43-35-24-27(4)47(40(50)6-2)37-14-10-8-12-33(35)37/h7-18,26-27,29,31,34-35,42-43H,5-6,19-25H2,1-4H3,(H,44,48)(H,51,52)/t26-,27-,29?,31?,34+,35+/m0/s1. The van der Waals surface area contributed by atoms with Crippen molar-refractivity contribution in [2.75, 3.05) is 27.0 Å². The normalized spacial score (nSPS) is 23.9. The van der Waals surface area contributed by atoms with Crippen LogP contribution >= 0.6 is 0 Å². The van der Waals surface area contributed by atoms with Gasteiger partial charge in [-0.3, -0.25) is 19.3 Å².